The van der Waals surface area contributed by atoms with Gasteiger partial charge in [-0.15, -0.1) is 0 Å². The van der Waals surface area contributed by atoms with E-state index in [4.69, 9.17) is 0 Å². The zero-order valence-electron chi connectivity index (χ0n) is 6.37. The molecule has 0 radical (unpaired) electrons. The van der Waals surface area contributed by atoms with Gasteiger partial charge in [-0.25, -0.2) is 9.80 Å². The molecule has 0 aliphatic carbocycles. The lowest BCUT2D eigenvalue weighted by Crippen LogP contribution is -2.47. The average molecular weight is 174 g/mol. The van der Waals surface area contributed by atoms with Crippen molar-refractivity contribution >= 4 is 18.0 Å². The highest BCUT2D eigenvalue weighted by atomic mass is 32.2. The zero-order chi connectivity index (χ0) is 8.27. The molecule has 62 valence electrons. The van der Waals surface area contributed by atoms with E-state index in [0.717, 1.165) is 0 Å². The van der Waals surface area contributed by atoms with Gasteiger partial charge in [0.2, 0.25) is 0 Å². The van der Waals surface area contributed by atoms with Crippen LogP contribution in [0.1, 0.15) is 0 Å². The summed E-state index contributed by atoms with van der Waals surface area (Å²) in [5.41, 5.74) is 2.85. The van der Waals surface area contributed by atoms with Crippen molar-refractivity contribution in [3.63, 3.8) is 0 Å². The first-order valence-corrected chi connectivity index (χ1v) is 3.93. The van der Waals surface area contributed by atoms with Crippen LogP contribution >= 0.6 is 11.9 Å². The van der Waals surface area contributed by atoms with Gasteiger partial charge < -0.3 is 5.32 Å². The Kier molecular flexibility index (Phi) is 2.61. The van der Waals surface area contributed by atoms with Crippen molar-refractivity contribution in [2.45, 2.75) is 0 Å². The fraction of sp³-hybridized carbons (Fsp3) is 0.400. The quantitative estimate of drug-likeness (QED) is 0.554. The Morgan fingerprint density at radius 3 is 3.00 bits per heavy atom. The first-order valence-electron chi connectivity index (χ1n) is 3.09. The highest BCUT2D eigenvalue weighted by Crippen LogP contribution is 2.14. The predicted molar refractivity (Wildman–Crippen MR) is 43.9 cm³/mol. The second-order valence-corrected chi connectivity index (χ2v) is 2.72. The van der Waals surface area contributed by atoms with Crippen molar-refractivity contribution in [1.82, 2.24) is 20.3 Å². The largest absolute Gasteiger partial charge is 0.340 e. The van der Waals surface area contributed by atoms with Crippen LogP contribution in [0.4, 0.5) is 4.79 Å². The third kappa shape index (κ3) is 1.78. The summed E-state index contributed by atoms with van der Waals surface area (Å²) in [5, 5.41) is 5.79. The number of hydrazine groups is 2. The number of urea groups is 1. The van der Waals surface area contributed by atoms with E-state index in [1.165, 1.54) is 17.0 Å². The third-order valence-corrected chi connectivity index (χ3v) is 2.00. The van der Waals surface area contributed by atoms with Crippen LogP contribution in [0.5, 0.6) is 0 Å². The number of nitrogens with one attached hydrogen (secondary N) is 2. The Labute approximate surface area is 69.5 Å². The summed E-state index contributed by atoms with van der Waals surface area (Å²) >= 11 is 1.40. The maximum atomic E-state index is 11.0. The molecule has 0 saturated heterocycles. The first kappa shape index (κ1) is 8.22. The van der Waals surface area contributed by atoms with Crippen LogP contribution < -0.4 is 10.7 Å². The average Bonchev–Trinajstić information content (AvgIpc) is 2.53. The zero-order valence-corrected chi connectivity index (χ0v) is 7.18. The van der Waals surface area contributed by atoms with Crippen molar-refractivity contribution in [1.29, 1.82) is 0 Å². The van der Waals surface area contributed by atoms with Crippen molar-refractivity contribution in [2.75, 3.05) is 14.1 Å². The van der Waals surface area contributed by atoms with E-state index in [1.807, 2.05) is 5.41 Å². The van der Waals surface area contributed by atoms with Gasteiger partial charge >= 0.3 is 6.03 Å². The van der Waals surface area contributed by atoms with Gasteiger partial charge in [0.05, 0.1) is 0 Å². The van der Waals surface area contributed by atoms with Gasteiger partial charge in [0.1, 0.15) is 0 Å². The molecule has 0 unspecified atom stereocenters. The van der Waals surface area contributed by atoms with Crippen LogP contribution in [0, 0.1) is 0 Å². The van der Waals surface area contributed by atoms with E-state index < -0.39 is 0 Å². The molecule has 0 aromatic rings. The molecule has 1 aliphatic rings. The molecule has 1 aliphatic heterocycles. The smallest absolute Gasteiger partial charge is 0.333 e. The SMILES string of the molecule is CNC(=O)N(C)N1NC=CS1. The normalized spacial score (nSPS) is 16.2. The Balaban J connectivity index is 2.41. The summed E-state index contributed by atoms with van der Waals surface area (Å²) in [6.45, 7) is 0. The Morgan fingerprint density at radius 2 is 2.55 bits per heavy atom. The second-order valence-electron chi connectivity index (χ2n) is 1.89. The van der Waals surface area contributed by atoms with E-state index in [0.29, 0.717) is 0 Å². The number of nitrogens with zero attached hydrogens (tertiary/aromatic N) is 2. The lowest BCUT2D eigenvalue weighted by molar-refractivity contribution is 0.106. The van der Waals surface area contributed by atoms with Crippen LogP contribution in [0.2, 0.25) is 0 Å². The molecular formula is C5H10N4OS. The number of carbonyl (C=O) groups excluding carboxylic acids is 1. The van der Waals surface area contributed by atoms with Crippen LogP contribution in [0.25, 0.3) is 0 Å². The molecule has 6 heteroatoms. The standard InChI is InChI=1S/C5H10N4OS/c1-6-5(10)8(2)9-7-3-4-11-9/h3-4,7H,1-2H3,(H,6,10). The summed E-state index contributed by atoms with van der Waals surface area (Å²) in [4.78, 5) is 11.0. The summed E-state index contributed by atoms with van der Waals surface area (Å²) in [5.74, 6) is 0. The van der Waals surface area contributed by atoms with Gasteiger partial charge in [0, 0.05) is 25.7 Å². The minimum absolute atomic E-state index is 0.159. The van der Waals surface area contributed by atoms with Gasteiger partial charge in [-0.1, -0.05) is 4.52 Å². The summed E-state index contributed by atoms with van der Waals surface area (Å²) in [7, 11) is 3.26. The van der Waals surface area contributed by atoms with Crippen LogP contribution in [0.3, 0.4) is 0 Å². The molecule has 0 atom stereocenters. The molecular weight excluding hydrogens is 164 g/mol. The Hall–Kier alpha value is -0.880. The molecule has 0 aromatic carbocycles. The predicted octanol–water partition coefficient (Wildman–Crippen LogP) is 0.112. The van der Waals surface area contributed by atoms with Gasteiger partial charge in [-0.2, -0.15) is 0 Å². The van der Waals surface area contributed by atoms with E-state index in [-0.39, 0.29) is 6.03 Å². The molecule has 0 fully saturated rings. The van der Waals surface area contributed by atoms with Crippen molar-refractivity contribution < 1.29 is 4.79 Å². The van der Waals surface area contributed by atoms with Crippen LogP contribution in [-0.4, -0.2) is 29.7 Å². The molecule has 11 heavy (non-hydrogen) atoms. The molecule has 1 heterocycles. The molecule has 2 N–H and O–H groups in total. The first-order chi connectivity index (χ1) is 5.25. The molecule has 5 nitrogen and oxygen atoms in total. The summed E-state index contributed by atoms with van der Waals surface area (Å²) in [6.07, 6.45) is 1.75. The molecule has 0 bridgehead atoms. The van der Waals surface area contributed by atoms with Crippen LogP contribution in [-0.2, 0) is 0 Å². The number of carbonyl (C=O) groups is 1. The molecule has 1 rings (SSSR count). The number of amides is 2. The molecule has 0 aromatic heterocycles. The van der Waals surface area contributed by atoms with E-state index >= 15 is 0 Å². The maximum absolute atomic E-state index is 11.0. The number of hydrogen-bond acceptors (Lipinski definition) is 4. The van der Waals surface area contributed by atoms with Gasteiger partial charge in [0.25, 0.3) is 0 Å². The second kappa shape index (κ2) is 3.49. The topological polar surface area (TPSA) is 47.6 Å². The molecule has 2 amide bonds. The van der Waals surface area contributed by atoms with Gasteiger partial charge in [-0.05, 0) is 11.9 Å². The van der Waals surface area contributed by atoms with E-state index in [9.17, 15) is 4.79 Å². The summed E-state index contributed by atoms with van der Waals surface area (Å²) < 4.78 is 1.61. The minimum Gasteiger partial charge on any atom is -0.340 e. The van der Waals surface area contributed by atoms with Crippen molar-refractivity contribution in [2.24, 2.45) is 0 Å². The van der Waals surface area contributed by atoms with Crippen LogP contribution in [0.15, 0.2) is 11.6 Å². The lowest BCUT2D eigenvalue weighted by Gasteiger charge is -2.25. The van der Waals surface area contributed by atoms with Gasteiger partial charge in [0.15, 0.2) is 0 Å². The minimum atomic E-state index is -0.159. The van der Waals surface area contributed by atoms with Crippen molar-refractivity contribution in [3.8, 4) is 0 Å². The molecule has 0 spiro atoms. The number of rotatable bonds is 1. The fourth-order valence-corrected chi connectivity index (χ4v) is 1.19. The highest BCUT2D eigenvalue weighted by molar-refractivity contribution is 8.00. The lowest BCUT2D eigenvalue weighted by atomic mass is 10.9. The Morgan fingerprint density at radius 1 is 1.82 bits per heavy atom. The Bertz CT molecular complexity index is 175. The number of hydrogen-bond donors (Lipinski definition) is 2. The van der Waals surface area contributed by atoms with E-state index in [1.54, 1.807) is 24.8 Å². The fourth-order valence-electron chi connectivity index (χ4n) is 0.614. The third-order valence-electron chi connectivity index (χ3n) is 1.19. The van der Waals surface area contributed by atoms with Gasteiger partial charge in [-0.3, -0.25) is 5.43 Å². The monoisotopic (exact) mass is 174 g/mol. The highest BCUT2D eigenvalue weighted by Gasteiger charge is 2.16. The van der Waals surface area contributed by atoms with Crippen molar-refractivity contribution in [3.05, 3.63) is 11.6 Å². The summed E-state index contributed by atoms with van der Waals surface area (Å²) in [6, 6.07) is -0.159. The maximum Gasteiger partial charge on any atom is 0.333 e. The van der Waals surface area contributed by atoms with E-state index in [2.05, 4.69) is 10.7 Å². The molecule has 0 saturated carbocycles.